The summed E-state index contributed by atoms with van der Waals surface area (Å²) in [4.78, 5) is 8.36. The number of hydrogen-bond acceptors (Lipinski definition) is 4. The van der Waals surface area contributed by atoms with Crippen molar-refractivity contribution in [2.24, 2.45) is 5.92 Å². The molecule has 0 aliphatic heterocycles. The Morgan fingerprint density at radius 3 is 2.67 bits per heavy atom. The molecule has 1 aromatic heterocycles. The van der Waals surface area contributed by atoms with Crippen LogP contribution in [-0.2, 0) is 0 Å². The maximum atomic E-state index is 9.69. The average molecular weight is 270 g/mol. The second-order valence-corrected chi connectivity index (χ2v) is 5.76. The monoisotopic (exact) mass is 269 g/mol. The van der Waals surface area contributed by atoms with Gasteiger partial charge in [0.05, 0.1) is 12.1 Å². The number of aromatic nitrogens is 2. The number of nitrogens with zero attached hydrogens (tertiary/aromatic N) is 2. The Bertz CT molecular complexity index is 396. The van der Waals surface area contributed by atoms with Crippen molar-refractivity contribution in [3.05, 3.63) is 17.0 Å². The third kappa shape index (κ3) is 3.12. The van der Waals surface area contributed by atoms with Gasteiger partial charge in [-0.3, -0.25) is 0 Å². The molecular formula is C13H20ClN3O. The Labute approximate surface area is 113 Å². The highest BCUT2D eigenvalue weighted by Crippen LogP contribution is 2.34. The Kier molecular flexibility index (Phi) is 4.07. The lowest BCUT2D eigenvalue weighted by Gasteiger charge is -2.39. The number of aliphatic hydroxyl groups is 1. The Hall–Kier alpha value is -0.870. The molecule has 0 atom stereocenters. The molecule has 0 radical (unpaired) electrons. The first kappa shape index (κ1) is 13.6. The van der Waals surface area contributed by atoms with E-state index in [4.69, 9.17) is 11.6 Å². The van der Waals surface area contributed by atoms with Crippen molar-refractivity contribution in [2.75, 3.05) is 11.9 Å². The summed E-state index contributed by atoms with van der Waals surface area (Å²) in [5.74, 6) is 2.08. The number of halogens is 1. The maximum Gasteiger partial charge on any atom is 0.134 e. The van der Waals surface area contributed by atoms with Gasteiger partial charge in [0.1, 0.15) is 16.8 Å². The summed E-state index contributed by atoms with van der Waals surface area (Å²) >= 11 is 5.93. The summed E-state index contributed by atoms with van der Waals surface area (Å²) in [6.07, 6.45) is 4.19. The lowest BCUT2D eigenvalue weighted by atomic mass is 9.77. The van der Waals surface area contributed by atoms with Gasteiger partial charge in [-0.2, -0.15) is 0 Å². The SMILES string of the molecule is Cc1nc(Cl)cc(NC2(CO)CCC(C)CC2)n1. The van der Waals surface area contributed by atoms with Crippen molar-refractivity contribution in [2.45, 2.75) is 45.1 Å². The summed E-state index contributed by atoms with van der Waals surface area (Å²) < 4.78 is 0. The first-order chi connectivity index (χ1) is 8.53. The highest BCUT2D eigenvalue weighted by molar-refractivity contribution is 6.29. The minimum Gasteiger partial charge on any atom is -0.394 e. The van der Waals surface area contributed by atoms with Crippen LogP contribution in [0.2, 0.25) is 5.15 Å². The Morgan fingerprint density at radius 2 is 2.11 bits per heavy atom. The molecule has 0 spiro atoms. The van der Waals surface area contributed by atoms with Crippen LogP contribution in [0.5, 0.6) is 0 Å². The van der Waals surface area contributed by atoms with Gasteiger partial charge in [0.2, 0.25) is 0 Å². The van der Waals surface area contributed by atoms with Crippen molar-refractivity contribution in [3.63, 3.8) is 0 Å². The minimum absolute atomic E-state index is 0.125. The molecule has 1 heterocycles. The number of aliphatic hydroxyl groups excluding tert-OH is 1. The zero-order chi connectivity index (χ0) is 13.2. The van der Waals surface area contributed by atoms with Crippen LogP contribution in [0.1, 0.15) is 38.4 Å². The fourth-order valence-electron chi connectivity index (χ4n) is 2.50. The van der Waals surface area contributed by atoms with Gasteiger partial charge in [0.25, 0.3) is 0 Å². The molecule has 1 fully saturated rings. The molecule has 1 saturated carbocycles. The quantitative estimate of drug-likeness (QED) is 0.829. The zero-order valence-electron chi connectivity index (χ0n) is 10.9. The first-order valence-electron chi connectivity index (χ1n) is 6.43. The molecule has 4 nitrogen and oxygen atoms in total. The molecule has 5 heteroatoms. The maximum absolute atomic E-state index is 9.69. The van der Waals surface area contributed by atoms with E-state index >= 15 is 0 Å². The molecule has 100 valence electrons. The Balaban J connectivity index is 2.14. The predicted molar refractivity (Wildman–Crippen MR) is 72.9 cm³/mol. The molecule has 1 aliphatic rings. The van der Waals surface area contributed by atoms with Crippen LogP contribution in [0.15, 0.2) is 6.07 Å². The van der Waals surface area contributed by atoms with Crippen LogP contribution in [0.3, 0.4) is 0 Å². The lowest BCUT2D eigenvalue weighted by molar-refractivity contribution is 0.155. The van der Waals surface area contributed by atoms with Crippen molar-refractivity contribution in [1.82, 2.24) is 9.97 Å². The van der Waals surface area contributed by atoms with Crippen LogP contribution in [0.4, 0.5) is 5.82 Å². The number of hydrogen-bond donors (Lipinski definition) is 2. The highest BCUT2D eigenvalue weighted by atomic mass is 35.5. The van der Waals surface area contributed by atoms with Gasteiger partial charge in [-0.1, -0.05) is 18.5 Å². The fraction of sp³-hybridized carbons (Fsp3) is 0.692. The summed E-state index contributed by atoms with van der Waals surface area (Å²) in [6, 6.07) is 1.71. The van der Waals surface area contributed by atoms with Gasteiger partial charge in [-0.15, -0.1) is 0 Å². The largest absolute Gasteiger partial charge is 0.394 e. The van der Waals surface area contributed by atoms with E-state index in [0.29, 0.717) is 16.8 Å². The summed E-state index contributed by atoms with van der Waals surface area (Å²) in [6.45, 7) is 4.19. The summed E-state index contributed by atoms with van der Waals surface area (Å²) in [5.41, 5.74) is -0.253. The average Bonchev–Trinajstić information content (AvgIpc) is 2.31. The molecule has 0 aromatic carbocycles. The minimum atomic E-state index is -0.253. The van der Waals surface area contributed by atoms with Crippen molar-refractivity contribution < 1.29 is 5.11 Å². The second-order valence-electron chi connectivity index (χ2n) is 5.37. The molecule has 2 rings (SSSR count). The van der Waals surface area contributed by atoms with Crippen LogP contribution < -0.4 is 5.32 Å². The normalized spacial score (nSPS) is 28.1. The fourth-order valence-corrected chi connectivity index (χ4v) is 2.73. The van der Waals surface area contributed by atoms with Crippen molar-refractivity contribution in [1.29, 1.82) is 0 Å². The standard InChI is InChI=1S/C13H20ClN3O/c1-9-3-5-13(8-18,6-4-9)17-12-7-11(14)15-10(2)16-12/h7,9,18H,3-6,8H2,1-2H3,(H,15,16,17). The number of nitrogens with one attached hydrogen (secondary N) is 1. The molecule has 2 N–H and O–H groups in total. The van der Waals surface area contributed by atoms with Crippen LogP contribution in [0.25, 0.3) is 0 Å². The smallest absolute Gasteiger partial charge is 0.134 e. The third-order valence-electron chi connectivity index (χ3n) is 3.73. The van der Waals surface area contributed by atoms with Gasteiger partial charge in [-0.25, -0.2) is 9.97 Å². The van der Waals surface area contributed by atoms with E-state index < -0.39 is 0 Å². The van der Waals surface area contributed by atoms with Crippen molar-refractivity contribution in [3.8, 4) is 0 Å². The van der Waals surface area contributed by atoms with Crippen LogP contribution >= 0.6 is 11.6 Å². The third-order valence-corrected chi connectivity index (χ3v) is 3.93. The summed E-state index contributed by atoms with van der Waals surface area (Å²) in [7, 11) is 0. The molecule has 18 heavy (non-hydrogen) atoms. The van der Waals surface area contributed by atoms with Crippen molar-refractivity contribution >= 4 is 17.4 Å². The zero-order valence-corrected chi connectivity index (χ0v) is 11.7. The number of rotatable bonds is 3. The number of anilines is 1. The molecule has 0 bridgehead atoms. The molecule has 0 amide bonds. The molecular weight excluding hydrogens is 250 g/mol. The predicted octanol–water partition coefficient (Wildman–Crippen LogP) is 2.79. The van der Waals surface area contributed by atoms with Crippen LogP contribution in [0, 0.1) is 12.8 Å². The highest BCUT2D eigenvalue weighted by Gasteiger charge is 2.33. The van der Waals surface area contributed by atoms with Gasteiger partial charge in [0.15, 0.2) is 0 Å². The second kappa shape index (κ2) is 5.41. The van der Waals surface area contributed by atoms with Gasteiger partial charge < -0.3 is 10.4 Å². The van der Waals surface area contributed by atoms with E-state index in [2.05, 4.69) is 22.2 Å². The topological polar surface area (TPSA) is 58.0 Å². The van der Waals surface area contributed by atoms with Crippen LogP contribution in [-0.4, -0.2) is 27.2 Å². The van der Waals surface area contributed by atoms with E-state index in [1.54, 1.807) is 6.07 Å². The van der Waals surface area contributed by atoms with E-state index in [0.717, 1.165) is 31.6 Å². The van der Waals surface area contributed by atoms with Gasteiger partial charge in [0, 0.05) is 6.07 Å². The van der Waals surface area contributed by atoms with E-state index in [9.17, 15) is 5.11 Å². The Morgan fingerprint density at radius 1 is 1.44 bits per heavy atom. The molecule has 1 aliphatic carbocycles. The van der Waals surface area contributed by atoms with Gasteiger partial charge >= 0.3 is 0 Å². The molecule has 0 unspecified atom stereocenters. The number of aryl methyl sites for hydroxylation is 1. The summed E-state index contributed by atoms with van der Waals surface area (Å²) in [5, 5.41) is 13.5. The van der Waals surface area contributed by atoms with E-state index in [-0.39, 0.29) is 12.1 Å². The van der Waals surface area contributed by atoms with E-state index in [1.807, 2.05) is 6.92 Å². The first-order valence-corrected chi connectivity index (χ1v) is 6.81. The lowest BCUT2D eigenvalue weighted by Crippen LogP contribution is -2.45. The molecule has 1 aromatic rings. The molecule has 0 saturated heterocycles. The van der Waals surface area contributed by atoms with E-state index in [1.165, 1.54) is 0 Å². The van der Waals surface area contributed by atoms with Gasteiger partial charge in [-0.05, 0) is 38.5 Å².